The van der Waals surface area contributed by atoms with Crippen LogP contribution in [0.15, 0.2) is 140 Å². The number of rotatable bonds is 5. The Morgan fingerprint density at radius 3 is 1.19 bits per heavy atom. The highest BCUT2D eigenvalue weighted by atomic mass is 19.4. The molecule has 3 aromatic heterocycles. The molecule has 260 valence electrons. The van der Waals surface area contributed by atoms with E-state index in [1.165, 1.54) is 6.07 Å². The number of nitrogens with one attached hydrogen (secondary N) is 2. The van der Waals surface area contributed by atoms with Crippen molar-refractivity contribution in [2.75, 3.05) is 0 Å². The SMILES string of the molecule is O=C(c1cc2[nH]c1c(-c1ccccc1)c1nc(c(-c3ccccc3)c3ccc([nH]3)c(-c3ccccc3)c3nc(c2-c2ccccc2)C=C3)C=C1)C(F)(F)F. The van der Waals surface area contributed by atoms with E-state index in [0.717, 1.165) is 33.3 Å². The number of ketones is 1. The fraction of sp³-hybridized carbons (Fsp3) is 0.0217. The van der Waals surface area contributed by atoms with Crippen LogP contribution in [-0.2, 0) is 0 Å². The Bertz CT molecular complexity index is 2800. The smallest absolute Gasteiger partial charge is 0.354 e. The summed E-state index contributed by atoms with van der Waals surface area (Å²) < 4.78 is 43.5. The van der Waals surface area contributed by atoms with Gasteiger partial charge in [0.15, 0.2) is 0 Å². The molecule has 0 unspecified atom stereocenters. The van der Waals surface area contributed by atoms with Gasteiger partial charge in [0, 0.05) is 38.8 Å². The molecule has 9 rings (SSSR count). The number of hydrogen-bond donors (Lipinski definition) is 2. The van der Waals surface area contributed by atoms with Crippen molar-refractivity contribution < 1.29 is 18.0 Å². The zero-order chi connectivity index (χ0) is 36.8. The number of hydrogen-bond acceptors (Lipinski definition) is 3. The van der Waals surface area contributed by atoms with Crippen LogP contribution in [0.2, 0.25) is 0 Å². The van der Waals surface area contributed by atoms with Crippen LogP contribution >= 0.6 is 0 Å². The van der Waals surface area contributed by atoms with Crippen molar-refractivity contribution in [3.8, 4) is 44.5 Å². The van der Waals surface area contributed by atoms with E-state index in [9.17, 15) is 18.0 Å². The van der Waals surface area contributed by atoms with Gasteiger partial charge in [-0.05, 0) is 64.8 Å². The molecule has 0 aliphatic carbocycles. The van der Waals surface area contributed by atoms with Crippen molar-refractivity contribution in [2.45, 2.75) is 6.18 Å². The Balaban J connectivity index is 1.54. The second-order valence-electron chi connectivity index (χ2n) is 13.0. The molecule has 8 bridgehead atoms. The molecule has 0 amide bonds. The van der Waals surface area contributed by atoms with Crippen LogP contribution in [-0.4, -0.2) is 31.9 Å². The summed E-state index contributed by atoms with van der Waals surface area (Å²) in [6.07, 6.45) is 2.29. The number of nitrogens with zero attached hydrogens (tertiary/aromatic N) is 2. The number of fused-ring (bicyclic) bond motifs is 8. The summed E-state index contributed by atoms with van der Waals surface area (Å²) in [4.78, 5) is 30.7. The molecule has 0 spiro atoms. The minimum atomic E-state index is -5.14. The zero-order valence-electron chi connectivity index (χ0n) is 28.5. The standard InChI is InChI=1S/C46H29F3N4O/c47-46(48,49)45(54)32-27-39-42(30-17-9-3-10-18-30)37-24-23-35(51-37)40(28-13-5-1-6-14-28)33-21-22-34(50-33)41(29-15-7-2-8-16-29)36-25-26-38(52-36)43(44(32)53-39)31-19-11-4-12-20-31/h1-27,50,53H. The average molecular weight is 711 g/mol. The molecule has 0 atom stereocenters. The summed E-state index contributed by atoms with van der Waals surface area (Å²) in [6, 6.07) is 43.5. The molecule has 5 nitrogen and oxygen atoms in total. The third-order valence-corrected chi connectivity index (χ3v) is 9.62. The van der Waals surface area contributed by atoms with E-state index in [1.54, 1.807) is 30.3 Å². The van der Waals surface area contributed by atoms with Gasteiger partial charge in [-0.3, -0.25) is 4.79 Å². The van der Waals surface area contributed by atoms with Gasteiger partial charge in [-0.25, -0.2) is 9.97 Å². The van der Waals surface area contributed by atoms with E-state index in [4.69, 9.17) is 9.97 Å². The number of carbonyl (C=O) groups excluding carboxylic acids is 1. The third kappa shape index (κ3) is 5.84. The summed E-state index contributed by atoms with van der Waals surface area (Å²) >= 11 is 0. The summed E-state index contributed by atoms with van der Waals surface area (Å²) in [7, 11) is 0. The molecule has 54 heavy (non-hydrogen) atoms. The van der Waals surface area contributed by atoms with E-state index in [-0.39, 0.29) is 5.52 Å². The molecule has 0 fully saturated rings. The molecular formula is C46H29F3N4O. The summed E-state index contributed by atoms with van der Waals surface area (Å²) in [5.41, 5.74) is 9.28. The van der Waals surface area contributed by atoms with Gasteiger partial charge in [0.05, 0.1) is 33.9 Å². The number of aromatic nitrogens is 4. The molecule has 4 aromatic carbocycles. The first kappa shape index (κ1) is 32.8. The van der Waals surface area contributed by atoms with Crippen LogP contribution < -0.4 is 0 Å². The van der Waals surface area contributed by atoms with E-state index in [0.29, 0.717) is 50.5 Å². The maximum absolute atomic E-state index is 14.5. The quantitative estimate of drug-likeness (QED) is 0.175. The molecule has 7 aromatic rings. The normalized spacial score (nSPS) is 12.3. The lowest BCUT2D eigenvalue weighted by Gasteiger charge is -2.08. The molecule has 0 radical (unpaired) electrons. The van der Waals surface area contributed by atoms with Crippen molar-refractivity contribution in [3.05, 3.63) is 168 Å². The number of carbonyl (C=O) groups is 1. The Morgan fingerprint density at radius 2 is 0.796 bits per heavy atom. The lowest BCUT2D eigenvalue weighted by Crippen LogP contribution is -2.22. The molecule has 5 heterocycles. The highest BCUT2D eigenvalue weighted by Crippen LogP contribution is 2.40. The van der Waals surface area contributed by atoms with Crippen LogP contribution in [0, 0.1) is 0 Å². The average Bonchev–Trinajstić information content (AvgIpc) is 4.03. The predicted octanol–water partition coefficient (Wildman–Crippen LogP) is 12.1. The van der Waals surface area contributed by atoms with Gasteiger partial charge in [0.25, 0.3) is 5.78 Å². The van der Waals surface area contributed by atoms with Gasteiger partial charge in [-0.15, -0.1) is 0 Å². The van der Waals surface area contributed by atoms with Gasteiger partial charge >= 0.3 is 6.18 Å². The topological polar surface area (TPSA) is 74.4 Å². The number of alkyl halides is 3. The van der Waals surface area contributed by atoms with E-state index < -0.39 is 17.5 Å². The van der Waals surface area contributed by atoms with Gasteiger partial charge in [0.2, 0.25) is 0 Å². The second-order valence-corrected chi connectivity index (χ2v) is 13.0. The monoisotopic (exact) mass is 710 g/mol. The minimum Gasteiger partial charge on any atom is -0.354 e. The molecule has 2 aliphatic heterocycles. The van der Waals surface area contributed by atoms with Crippen molar-refractivity contribution >= 4 is 52.2 Å². The highest BCUT2D eigenvalue weighted by Gasteiger charge is 2.41. The second kappa shape index (κ2) is 13.2. The van der Waals surface area contributed by atoms with E-state index >= 15 is 0 Å². The molecule has 8 heteroatoms. The first-order chi connectivity index (χ1) is 26.3. The molecule has 0 saturated carbocycles. The Hall–Kier alpha value is -7.06. The lowest BCUT2D eigenvalue weighted by atomic mass is 10.00. The number of halogens is 3. The third-order valence-electron chi connectivity index (χ3n) is 9.62. The predicted molar refractivity (Wildman–Crippen MR) is 211 cm³/mol. The summed E-state index contributed by atoms with van der Waals surface area (Å²) in [6.45, 7) is 0. The van der Waals surface area contributed by atoms with Crippen molar-refractivity contribution in [2.24, 2.45) is 0 Å². The molecular weight excluding hydrogens is 682 g/mol. The Kier molecular flexibility index (Phi) is 8.00. The fourth-order valence-electron chi connectivity index (χ4n) is 7.25. The Morgan fingerprint density at radius 1 is 0.444 bits per heavy atom. The van der Waals surface area contributed by atoms with Crippen LogP contribution in [0.3, 0.4) is 0 Å². The molecule has 0 saturated heterocycles. The van der Waals surface area contributed by atoms with Crippen LogP contribution in [0.1, 0.15) is 33.1 Å². The van der Waals surface area contributed by atoms with Gasteiger partial charge in [-0.1, -0.05) is 121 Å². The Labute approximate surface area is 307 Å². The fourth-order valence-corrected chi connectivity index (χ4v) is 7.25. The number of aromatic amines is 2. The maximum Gasteiger partial charge on any atom is 0.454 e. The summed E-state index contributed by atoms with van der Waals surface area (Å²) in [5.74, 6) is -1.96. The van der Waals surface area contributed by atoms with Crippen molar-refractivity contribution in [1.82, 2.24) is 19.9 Å². The zero-order valence-corrected chi connectivity index (χ0v) is 28.5. The first-order valence-corrected chi connectivity index (χ1v) is 17.4. The largest absolute Gasteiger partial charge is 0.454 e. The minimum absolute atomic E-state index is 0.00966. The maximum atomic E-state index is 14.5. The van der Waals surface area contributed by atoms with E-state index in [1.807, 2.05) is 127 Å². The number of H-pyrrole nitrogens is 2. The van der Waals surface area contributed by atoms with Gasteiger partial charge in [-0.2, -0.15) is 13.2 Å². The molecule has 2 aliphatic rings. The first-order valence-electron chi connectivity index (χ1n) is 17.4. The lowest BCUT2D eigenvalue weighted by molar-refractivity contribution is -0.0884. The van der Waals surface area contributed by atoms with Crippen LogP contribution in [0.25, 0.3) is 90.9 Å². The van der Waals surface area contributed by atoms with Crippen LogP contribution in [0.5, 0.6) is 0 Å². The molecule has 2 N–H and O–H groups in total. The van der Waals surface area contributed by atoms with Crippen LogP contribution in [0.4, 0.5) is 13.2 Å². The van der Waals surface area contributed by atoms with Gasteiger partial charge in [0.1, 0.15) is 0 Å². The summed E-state index contributed by atoms with van der Waals surface area (Å²) in [5, 5.41) is 0. The van der Waals surface area contributed by atoms with E-state index in [2.05, 4.69) is 9.97 Å². The van der Waals surface area contributed by atoms with Gasteiger partial charge < -0.3 is 9.97 Å². The number of benzene rings is 4. The van der Waals surface area contributed by atoms with Crippen molar-refractivity contribution in [1.29, 1.82) is 0 Å². The highest BCUT2D eigenvalue weighted by molar-refractivity contribution is 6.12. The number of Topliss-reactive ketones (excluding diaryl/α,β-unsaturated/α-hetero) is 1. The van der Waals surface area contributed by atoms with Crippen molar-refractivity contribution in [3.63, 3.8) is 0 Å².